The van der Waals surface area contributed by atoms with Gasteiger partial charge in [-0.05, 0) is 17.3 Å². The third-order valence-corrected chi connectivity index (χ3v) is 2.30. The minimum Gasteiger partial charge on any atom is -0.305 e. The standard InChI is InChI=1S/C13H9N2.Ir/c1-10-11(9-14)5-4-6-12(10)13-7-2-3-8-15-13;/h2-5,7-8H,1H3;/q-1;. The Bertz CT molecular complexity index is 515. The first-order chi connectivity index (χ1) is 7.33. The Morgan fingerprint density at radius 2 is 2.12 bits per heavy atom. The first kappa shape index (κ1) is 12.6. The Balaban J connectivity index is 0.00000128. The van der Waals surface area contributed by atoms with Crippen LogP contribution in [-0.2, 0) is 20.1 Å². The van der Waals surface area contributed by atoms with Crippen molar-refractivity contribution in [3.8, 4) is 17.3 Å². The minimum absolute atomic E-state index is 0. The molecule has 0 fully saturated rings. The monoisotopic (exact) mass is 386 g/mol. The average molecular weight is 385 g/mol. The first-order valence-corrected chi connectivity index (χ1v) is 4.65. The van der Waals surface area contributed by atoms with Crippen molar-refractivity contribution in [1.82, 2.24) is 4.98 Å². The largest absolute Gasteiger partial charge is 0.305 e. The quantitative estimate of drug-likeness (QED) is 0.708. The predicted octanol–water partition coefficient (Wildman–Crippen LogP) is 2.73. The summed E-state index contributed by atoms with van der Waals surface area (Å²) in [6.07, 6.45) is 1.74. The molecule has 0 aliphatic heterocycles. The van der Waals surface area contributed by atoms with E-state index in [2.05, 4.69) is 17.1 Å². The van der Waals surface area contributed by atoms with Gasteiger partial charge in [-0.15, -0.1) is 29.3 Å². The Hall–Kier alpha value is -1.49. The maximum atomic E-state index is 8.91. The minimum atomic E-state index is 0. The maximum Gasteiger partial charge on any atom is 0.0791 e. The number of hydrogen-bond acceptors (Lipinski definition) is 2. The van der Waals surface area contributed by atoms with Crippen LogP contribution in [-0.4, -0.2) is 4.98 Å². The summed E-state index contributed by atoms with van der Waals surface area (Å²) < 4.78 is 0. The summed E-state index contributed by atoms with van der Waals surface area (Å²) in [4.78, 5) is 4.24. The van der Waals surface area contributed by atoms with Gasteiger partial charge >= 0.3 is 0 Å². The molecule has 3 heteroatoms. The second-order valence-electron chi connectivity index (χ2n) is 3.22. The SMILES string of the molecule is Cc1c(-c2ccccn2)[c-]ccc1C#N.[Ir]. The van der Waals surface area contributed by atoms with Gasteiger partial charge in [-0.2, -0.15) is 5.26 Å². The number of nitriles is 1. The van der Waals surface area contributed by atoms with Gasteiger partial charge in [0.1, 0.15) is 0 Å². The fraction of sp³-hybridized carbons (Fsp3) is 0.0769. The summed E-state index contributed by atoms with van der Waals surface area (Å²) in [6.45, 7) is 1.92. The van der Waals surface area contributed by atoms with Gasteiger partial charge in [0.05, 0.1) is 6.07 Å². The third-order valence-electron chi connectivity index (χ3n) is 2.30. The zero-order chi connectivity index (χ0) is 10.7. The van der Waals surface area contributed by atoms with Crippen LogP contribution in [0, 0.1) is 24.3 Å². The molecular weight excluding hydrogens is 376 g/mol. The fourth-order valence-corrected chi connectivity index (χ4v) is 1.47. The Labute approximate surface area is 108 Å². The molecule has 0 aliphatic carbocycles. The Morgan fingerprint density at radius 3 is 2.75 bits per heavy atom. The molecule has 0 spiro atoms. The van der Waals surface area contributed by atoms with E-state index in [0.29, 0.717) is 5.56 Å². The second-order valence-corrected chi connectivity index (χ2v) is 3.22. The van der Waals surface area contributed by atoms with Crippen LogP contribution in [0.5, 0.6) is 0 Å². The number of nitrogens with zero attached hydrogens (tertiary/aromatic N) is 2. The third kappa shape index (κ3) is 2.36. The molecule has 2 aromatic rings. The topological polar surface area (TPSA) is 36.7 Å². The van der Waals surface area contributed by atoms with Crippen molar-refractivity contribution >= 4 is 0 Å². The van der Waals surface area contributed by atoms with Gasteiger partial charge in [0.2, 0.25) is 0 Å². The van der Waals surface area contributed by atoms with Crippen molar-refractivity contribution < 1.29 is 20.1 Å². The molecule has 0 unspecified atom stereocenters. The summed E-state index contributed by atoms with van der Waals surface area (Å²) in [7, 11) is 0. The summed E-state index contributed by atoms with van der Waals surface area (Å²) in [6, 6.07) is 14.5. The molecule has 1 aromatic carbocycles. The van der Waals surface area contributed by atoms with Crippen LogP contribution in [0.15, 0.2) is 36.5 Å². The van der Waals surface area contributed by atoms with Crippen molar-refractivity contribution in [3.05, 3.63) is 53.7 Å². The molecule has 0 amide bonds. The molecular formula is C13H9IrN2-. The number of rotatable bonds is 1. The molecule has 0 aliphatic rings. The van der Waals surface area contributed by atoms with Crippen LogP contribution in [0.1, 0.15) is 11.1 Å². The number of hydrogen-bond donors (Lipinski definition) is 0. The summed E-state index contributed by atoms with van der Waals surface area (Å²) in [5.74, 6) is 0. The van der Waals surface area contributed by atoms with E-state index >= 15 is 0 Å². The molecule has 0 N–H and O–H groups in total. The van der Waals surface area contributed by atoms with Crippen LogP contribution in [0.25, 0.3) is 11.3 Å². The smallest absolute Gasteiger partial charge is 0.0791 e. The Morgan fingerprint density at radius 1 is 1.31 bits per heavy atom. The van der Waals surface area contributed by atoms with Crippen LogP contribution in [0.2, 0.25) is 0 Å². The van der Waals surface area contributed by atoms with Crippen molar-refractivity contribution in [2.75, 3.05) is 0 Å². The zero-order valence-electron chi connectivity index (χ0n) is 8.69. The molecule has 0 saturated carbocycles. The molecule has 0 saturated heterocycles. The molecule has 1 heterocycles. The molecule has 81 valence electrons. The van der Waals surface area contributed by atoms with Crippen LogP contribution < -0.4 is 0 Å². The number of pyridine rings is 1. The van der Waals surface area contributed by atoms with Gasteiger partial charge < -0.3 is 4.98 Å². The van der Waals surface area contributed by atoms with Crippen LogP contribution in [0.4, 0.5) is 0 Å². The first-order valence-electron chi connectivity index (χ1n) is 4.65. The molecule has 0 bridgehead atoms. The van der Waals surface area contributed by atoms with E-state index in [1.54, 1.807) is 18.3 Å². The zero-order valence-corrected chi connectivity index (χ0v) is 11.1. The summed E-state index contributed by atoms with van der Waals surface area (Å²) in [5.41, 5.74) is 3.36. The van der Waals surface area contributed by atoms with E-state index in [4.69, 9.17) is 5.26 Å². The normalized spacial score (nSPS) is 9.00. The molecule has 2 nitrogen and oxygen atoms in total. The van der Waals surface area contributed by atoms with Gasteiger partial charge in [-0.25, -0.2) is 0 Å². The summed E-state index contributed by atoms with van der Waals surface area (Å²) >= 11 is 0. The van der Waals surface area contributed by atoms with Gasteiger partial charge in [0.25, 0.3) is 0 Å². The van der Waals surface area contributed by atoms with Gasteiger partial charge in [-0.3, -0.25) is 0 Å². The fourth-order valence-electron chi connectivity index (χ4n) is 1.47. The van der Waals surface area contributed by atoms with E-state index < -0.39 is 0 Å². The van der Waals surface area contributed by atoms with Gasteiger partial charge in [0, 0.05) is 26.3 Å². The van der Waals surface area contributed by atoms with E-state index in [-0.39, 0.29) is 20.1 Å². The van der Waals surface area contributed by atoms with E-state index in [1.807, 2.05) is 25.1 Å². The maximum absolute atomic E-state index is 8.91. The van der Waals surface area contributed by atoms with E-state index in [9.17, 15) is 0 Å². The predicted molar refractivity (Wildman–Crippen MR) is 58.0 cm³/mol. The number of benzene rings is 1. The van der Waals surface area contributed by atoms with Crippen molar-refractivity contribution in [1.29, 1.82) is 5.26 Å². The van der Waals surface area contributed by atoms with Crippen molar-refractivity contribution in [2.24, 2.45) is 0 Å². The van der Waals surface area contributed by atoms with Crippen LogP contribution >= 0.6 is 0 Å². The summed E-state index contributed by atoms with van der Waals surface area (Å²) in [5, 5.41) is 8.91. The van der Waals surface area contributed by atoms with E-state index in [0.717, 1.165) is 16.8 Å². The van der Waals surface area contributed by atoms with Gasteiger partial charge in [-0.1, -0.05) is 19.1 Å². The molecule has 1 radical (unpaired) electrons. The molecule has 0 atom stereocenters. The van der Waals surface area contributed by atoms with Crippen molar-refractivity contribution in [3.63, 3.8) is 0 Å². The average Bonchev–Trinajstić information content (AvgIpc) is 2.30. The van der Waals surface area contributed by atoms with E-state index in [1.165, 1.54) is 0 Å². The second kappa shape index (κ2) is 5.55. The Kier molecular flexibility index (Phi) is 4.37. The molecule has 16 heavy (non-hydrogen) atoms. The van der Waals surface area contributed by atoms with Crippen molar-refractivity contribution in [2.45, 2.75) is 6.92 Å². The number of aromatic nitrogens is 1. The molecule has 2 rings (SSSR count). The van der Waals surface area contributed by atoms with Crippen LogP contribution in [0.3, 0.4) is 0 Å². The molecule has 1 aromatic heterocycles. The van der Waals surface area contributed by atoms with Gasteiger partial charge in [0.15, 0.2) is 0 Å².